The van der Waals surface area contributed by atoms with E-state index in [0.717, 1.165) is 30.2 Å². The molecule has 7 heteroatoms. The molecule has 2 aromatic carbocycles. The maximum Gasteiger partial charge on any atom is 0.251 e. The summed E-state index contributed by atoms with van der Waals surface area (Å²) in [7, 11) is 0. The van der Waals surface area contributed by atoms with Gasteiger partial charge in [0.05, 0.1) is 12.2 Å². The van der Waals surface area contributed by atoms with Crippen LogP contribution in [0.15, 0.2) is 47.8 Å². The number of rotatable bonds is 5. The van der Waals surface area contributed by atoms with Crippen molar-refractivity contribution in [3.8, 4) is 11.3 Å². The Morgan fingerprint density at radius 1 is 1.11 bits per heavy atom. The van der Waals surface area contributed by atoms with Crippen LogP contribution in [-0.2, 0) is 17.6 Å². The summed E-state index contributed by atoms with van der Waals surface area (Å²) >= 11 is 1.33. The Kier molecular flexibility index (Phi) is 5.16. The number of nitrogens with zero attached hydrogens (tertiary/aromatic N) is 1. The number of carbonyl (C=O) groups is 2. The average Bonchev–Trinajstić information content (AvgIpc) is 3.34. The molecule has 0 saturated heterocycles. The van der Waals surface area contributed by atoms with Crippen LogP contribution in [0.3, 0.4) is 0 Å². The summed E-state index contributed by atoms with van der Waals surface area (Å²) < 4.78 is 13.2. The third kappa shape index (κ3) is 4.09. The molecule has 142 valence electrons. The fourth-order valence-electron chi connectivity index (χ4n) is 3.25. The smallest absolute Gasteiger partial charge is 0.251 e. The van der Waals surface area contributed by atoms with E-state index in [0.29, 0.717) is 5.13 Å². The zero-order valence-electron chi connectivity index (χ0n) is 15.0. The van der Waals surface area contributed by atoms with Crippen LogP contribution in [0.4, 0.5) is 9.52 Å². The third-order valence-corrected chi connectivity index (χ3v) is 5.40. The van der Waals surface area contributed by atoms with Gasteiger partial charge in [0.1, 0.15) is 5.82 Å². The molecule has 0 atom stereocenters. The second-order valence-corrected chi connectivity index (χ2v) is 7.47. The molecule has 1 heterocycles. The summed E-state index contributed by atoms with van der Waals surface area (Å²) in [5.41, 5.74) is 4.80. The lowest BCUT2D eigenvalue weighted by atomic mass is 10.1. The van der Waals surface area contributed by atoms with E-state index < -0.39 is 11.7 Å². The number of amides is 2. The van der Waals surface area contributed by atoms with Crippen LogP contribution in [-0.4, -0.2) is 23.3 Å². The van der Waals surface area contributed by atoms with E-state index in [-0.39, 0.29) is 18.0 Å². The minimum Gasteiger partial charge on any atom is -0.343 e. The number of fused-ring (bicyclic) bond motifs is 1. The van der Waals surface area contributed by atoms with Crippen LogP contribution in [0.5, 0.6) is 0 Å². The van der Waals surface area contributed by atoms with Gasteiger partial charge in [-0.1, -0.05) is 18.2 Å². The van der Waals surface area contributed by atoms with Crippen molar-refractivity contribution >= 4 is 28.3 Å². The molecule has 1 aromatic heterocycles. The summed E-state index contributed by atoms with van der Waals surface area (Å²) in [5, 5.41) is 7.53. The Morgan fingerprint density at radius 3 is 2.82 bits per heavy atom. The SMILES string of the molecule is O=C(CNC(=O)c1cccc(F)c1)Nc1nc(-c2ccc3c(c2)CCC3)cs1. The number of benzene rings is 2. The minimum absolute atomic E-state index is 0.168. The second-order valence-electron chi connectivity index (χ2n) is 6.62. The van der Waals surface area contributed by atoms with E-state index in [9.17, 15) is 14.0 Å². The van der Waals surface area contributed by atoms with Crippen molar-refractivity contribution in [2.75, 3.05) is 11.9 Å². The molecule has 4 rings (SSSR count). The Hall–Kier alpha value is -3.06. The fourth-order valence-corrected chi connectivity index (χ4v) is 3.99. The van der Waals surface area contributed by atoms with Crippen molar-refractivity contribution in [1.29, 1.82) is 0 Å². The normalized spacial score (nSPS) is 12.5. The van der Waals surface area contributed by atoms with Gasteiger partial charge in [-0.15, -0.1) is 11.3 Å². The Morgan fingerprint density at radius 2 is 1.96 bits per heavy atom. The Balaban J connectivity index is 1.35. The predicted molar refractivity (Wildman–Crippen MR) is 107 cm³/mol. The quantitative estimate of drug-likeness (QED) is 0.690. The first-order valence-electron chi connectivity index (χ1n) is 9.00. The minimum atomic E-state index is -0.507. The number of nitrogens with one attached hydrogen (secondary N) is 2. The van der Waals surface area contributed by atoms with Gasteiger partial charge in [-0.05, 0) is 54.7 Å². The number of hydrogen-bond donors (Lipinski definition) is 2. The highest BCUT2D eigenvalue weighted by molar-refractivity contribution is 7.14. The number of thiazole rings is 1. The van der Waals surface area contributed by atoms with Crippen molar-refractivity contribution in [3.63, 3.8) is 0 Å². The van der Waals surface area contributed by atoms with Gasteiger partial charge >= 0.3 is 0 Å². The first-order chi connectivity index (χ1) is 13.6. The molecule has 2 N–H and O–H groups in total. The summed E-state index contributed by atoms with van der Waals surface area (Å²) in [4.78, 5) is 28.5. The number of carbonyl (C=O) groups excluding carboxylic acids is 2. The standard InChI is InChI=1S/C21H18FN3O2S/c22-17-6-2-5-16(10-17)20(27)23-11-19(26)25-21-24-18(12-28-21)15-8-7-13-3-1-4-14(13)9-15/h2,5-10,12H,1,3-4,11H2,(H,23,27)(H,24,25,26). The summed E-state index contributed by atoms with van der Waals surface area (Å²) in [6.45, 7) is -0.219. The lowest BCUT2D eigenvalue weighted by molar-refractivity contribution is -0.115. The molecule has 5 nitrogen and oxygen atoms in total. The molecular weight excluding hydrogens is 377 g/mol. The van der Waals surface area contributed by atoms with Crippen molar-refractivity contribution in [1.82, 2.24) is 10.3 Å². The lowest BCUT2D eigenvalue weighted by Crippen LogP contribution is -2.32. The van der Waals surface area contributed by atoms with Crippen LogP contribution < -0.4 is 10.6 Å². The van der Waals surface area contributed by atoms with Gasteiger partial charge in [0.25, 0.3) is 5.91 Å². The van der Waals surface area contributed by atoms with Gasteiger partial charge in [-0.25, -0.2) is 9.37 Å². The highest BCUT2D eigenvalue weighted by atomic mass is 32.1. The summed E-state index contributed by atoms with van der Waals surface area (Å²) in [6, 6.07) is 11.7. The predicted octanol–water partition coefficient (Wildman–Crippen LogP) is 3.81. The number of aromatic nitrogens is 1. The van der Waals surface area contributed by atoms with E-state index in [4.69, 9.17) is 0 Å². The first kappa shape index (κ1) is 18.3. The van der Waals surface area contributed by atoms with Gasteiger partial charge in [0, 0.05) is 16.5 Å². The van der Waals surface area contributed by atoms with Crippen LogP contribution >= 0.6 is 11.3 Å². The van der Waals surface area contributed by atoms with Crippen LogP contribution in [0.2, 0.25) is 0 Å². The molecule has 28 heavy (non-hydrogen) atoms. The summed E-state index contributed by atoms with van der Waals surface area (Å²) in [6.07, 6.45) is 3.43. The molecule has 0 radical (unpaired) electrons. The van der Waals surface area contributed by atoms with Crippen molar-refractivity contribution in [2.24, 2.45) is 0 Å². The highest BCUT2D eigenvalue weighted by Gasteiger charge is 2.14. The van der Waals surface area contributed by atoms with E-state index in [2.05, 4.69) is 33.8 Å². The first-order valence-corrected chi connectivity index (χ1v) is 9.88. The monoisotopic (exact) mass is 395 g/mol. The van der Waals surface area contributed by atoms with Gasteiger partial charge in [0.15, 0.2) is 5.13 Å². The molecule has 1 aliphatic rings. The highest BCUT2D eigenvalue weighted by Crippen LogP contribution is 2.30. The van der Waals surface area contributed by atoms with Crippen LogP contribution in [0, 0.1) is 5.82 Å². The fraction of sp³-hybridized carbons (Fsp3) is 0.190. The van der Waals surface area contributed by atoms with E-state index in [1.165, 1.54) is 47.1 Å². The maximum atomic E-state index is 13.2. The van der Waals surface area contributed by atoms with E-state index in [1.54, 1.807) is 0 Å². The molecular formula is C21H18FN3O2S. The topological polar surface area (TPSA) is 71.1 Å². The summed E-state index contributed by atoms with van der Waals surface area (Å²) in [5.74, 6) is -1.40. The molecule has 0 aliphatic heterocycles. The molecule has 0 spiro atoms. The maximum absolute atomic E-state index is 13.2. The molecule has 3 aromatic rings. The van der Waals surface area contributed by atoms with Crippen LogP contribution in [0.1, 0.15) is 27.9 Å². The second kappa shape index (κ2) is 7.90. The molecule has 0 unspecified atom stereocenters. The molecule has 0 bridgehead atoms. The molecule has 0 saturated carbocycles. The largest absolute Gasteiger partial charge is 0.343 e. The number of anilines is 1. The Bertz CT molecular complexity index is 1050. The van der Waals surface area contributed by atoms with Crippen molar-refractivity contribution in [3.05, 3.63) is 70.4 Å². The number of halogens is 1. The third-order valence-electron chi connectivity index (χ3n) is 4.64. The van der Waals surface area contributed by atoms with Gasteiger partial charge in [-0.2, -0.15) is 0 Å². The number of hydrogen-bond acceptors (Lipinski definition) is 4. The van der Waals surface area contributed by atoms with E-state index >= 15 is 0 Å². The molecule has 1 aliphatic carbocycles. The lowest BCUT2D eigenvalue weighted by Gasteiger charge is -2.05. The zero-order chi connectivity index (χ0) is 19.5. The van der Waals surface area contributed by atoms with E-state index in [1.807, 2.05) is 5.38 Å². The van der Waals surface area contributed by atoms with Crippen LogP contribution in [0.25, 0.3) is 11.3 Å². The molecule has 0 fully saturated rings. The van der Waals surface area contributed by atoms with Gasteiger partial charge < -0.3 is 10.6 Å². The van der Waals surface area contributed by atoms with Gasteiger partial charge in [0.2, 0.25) is 5.91 Å². The Labute approximate surface area is 165 Å². The van der Waals surface area contributed by atoms with Crippen molar-refractivity contribution in [2.45, 2.75) is 19.3 Å². The van der Waals surface area contributed by atoms with Gasteiger partial charge in [-0.3, -0.25) is 9.59 Å². The average molecular weight is 395 g/mol. The van der Waals surface area contributed by atoms with Crippen molar-refractivity contribution < 1.29 is 14.0 Å². The zero-order valence-corrected chi connectivity index (χ0v) is 15.8. The number of aryl methyl sites for hydroxylation is 2. The molecule has 2 amide bonds.